The van der Waals surface area contributed by atoms with Crippen LogP contribution >= 0.6 is 0 Å². The predicted octanol–water partition coefficient (Wildman–Crippen LogP) is 2.85. The highest BCUT2D eigenvalue weighted by Crippen LogP contribution is 2.25. The molecule has 1 fully saturated rings. The van der Waals surface area contributed by atoms with Gasteiger partial charge in [0.05, 0.1) is 32.3 Å². The van der Waals surface area contributed by atoms with E-state index in [0.717, 1.165) is 43.9 Å². The zero-order chi connectivity index (χ0) is 20.6. The lowest BCUT2D eigenvalue weighted by Gasteiger charge is -2.22. The van der Waals surface area contributed by atoms with E-state index in [4.69, 9.17) is 14.7 Å². The van der Waals surface area contributed by atoms with Crippen molar-refractivity contribution < 1.29 is 14.3 Å². The van der Waals surface area contributed by atoms with Crippen LogP contribution in [0.3, 0.4) is 0 Å². The molecule has 2 aromatic rings. The number of nitrogens with zero attached hydrogens (tertiary/aromatic N) is 3. The fourth-order valence-corrected chi connectivity index (χ4v) is 3.62. The van der Waals surface area contributed by atoms with E-state index in [1.165, 1.54) is 5.56 Å². The van der Waals surface area contributed by atoms with Crippen molar-refractivity contribution in [3.8, 4) is 17.6 Å². The number of rotatable bonds is 6. The molecule has 1 aliphatic heterocycles. The Bertz CT molecular complexity index is 874. The van der Waals surface area contributed by atoms with Crippen LogP contribution in [-0.2, 0) is 17.8 Å². The van der Waals surface area contributed by atoms with E-state index < -0.39 is 0 Å². The third-order valence-electron chi connectivity index (χ3n) is 5.26. The van der Waals surface area contributed by atoms with Gasteiger partial charge in [0.1, 0.15) is 11.5 Å². The standard InChI is InChI=1S/C23H27N3O3/c1-28-21-8-9-22(29-2)20(14-21)15-23(27)26-11-3-10-25(12-13-26)17-19-6-4-18(16-24)5-7-19/h4-9,14H,3,10-13,15,17H2,1-2H3. The first-order chi connectivity index (χ1) is 14.1. The summed E-state index contributed by atoms with van der Waals surface area (Å²) in [5.74, 6) is 1.53. The number of carbonyl (C=O) groups is 1. The average molecular weight is 393 g/mol. The molecule has 0 atom stereocenters. The third-order valence-corrected chi connectivity index (χ3v) is 5.26. The molecule has 2 aromatic carbocycles. The van der Waals surface area contributed by atoms with Crippen LogP contribution in [0.5, 0.6) is 11.5 Å². The minimum Gasteiger partial charge on any atom is -0.497 e. The van der Waals surface area contributed by atoms with E-state index in [9.17, 15) is 4.79 Å². The maximum Gasteiger partial charge on any atom is 0.227 e. The van der Waals surface area contributed by atoms with Gasteiger partial charge in [0.2, 0.25) is 5.91 Å². The van der Waals surface area contributed by atoms with Crippen molar-refractivity contribution in [1.29, 1.82) is 5.26 Å². The highest BCUT2D eigenvalue weighted by molar-refractivity contribution is 5.79. The Kier molecular flexibility index (Phi) is 7.09. The summed E-state index contributed by atoms with van der Waals surface area (Å²) >= 11 is 0. The van der Waals surface area contributed by atoms with Crippen molar-refractivity contribution in [3.63, 3.8) is 0 Å². The van der Waals surface area contributed by atoms with E-state index in [1.807, 2.05) is 47.4 Å². The predicted molar refractivity (Wildman–Crippen MR) is 111 cm³/mol. The number of methoxy groups -OCH3 is 2. The normalized spacial score (nSPS) is 14.7. The van der Waals surface area contributed by atoms with Gasteiger partial charge in [0.25, 0.3) is 0 Å². The molecule has 1 aliphatic rings. The van der Waals surface area contributed by atoms with Crippen LogP contribution in [0.2, 0.25) is 0 Å². The minimum atomic E-state index is 0.108. The van der Waals surface area contributed by atoms with Gasteiger partial charge >= 0.3 is 0 Å². The SMILES string of the molecule is COc1ccc(OC)c(CC(=O)N2CCCN(Cc3ccc(C#N)cc3)CC2)c1. The Morgan fingerprint density at radius 2 is 1.83 bits per heavy atom. The molecular weight excluding hydrogens is 366 g/mol. The Morgan fingerprint density at radius 1 is 1.03 bits per heavy atom. The van der Waals surface area contributed by atoms with Gasteiger partial charge in [0, 0.05) is 38.3 Å². The smallest absolute Gasteiger partial charge is 0.227 e. The van der Waals surface area contributed by atoms with Crippen molar-refractivity contribution in [1.82, 2.24) is 9.80 Å². The average Bonchev–Trinajstić information content (AvgIpc) is 3.00. The third kappa shape index (κ3) is 5.49. The van der Waals surface area contributed by atoms with Crippen LogP contribution < -0.4 is 9.47 Å². The quantitative estimate of drug-likeness (QED) is 0.755. The lowest BCUT2D eigenvalue weighted by Crippen LogP contribution is -2.36. The van der Waals surface area contributed by atoms with E-state index in [2.05, 4.69) is 11.0 Å². The maximum absolute atomic E-state index is 12.9. The first-order valence-electron chi connectivity index (χ1n) is 9.83. The molecule has 1 saturated heterocycles. The molecule has 3 rings (SSSR count). The lowest BCUT2D eigenvalue weighted by atomic mass is 10.1. The van der Waals surface area contributed by atoms with Gasteiger partial charge in [-0.05, 0) is 42.3 Å². The Labute approximate surface area is 172 Å². The second kappa shape index (κ2) is 9.94. The first-order valence-corrected chi connectivity index (χ1v) is 9.83. The summed E-state index contributed by atoms with van der Waals surface area (Å²) in [6.07, 6.45) is 1.24. The van der Waals surface area contributed by atoms with Gasteiger partial charge in [-0.3, -0.25) is 9.69 Å². The molecule has 0 aliphatic carbocycles. The summed E-state index contributed by atoms with van der Waals surface area (Å²) in [6.45, 7) is 4.08. The van der Waals surface area contributed by atoms with Crippen LogP contribution in [0.4, 0.5) is 0 Å². The van der Waals surface area contributed by atoms with Crippen molar-refractivity contribution in [2.24, 2.45) is 0 Å². The summed E-state index contributed by atoms with van der Waals surface area (Å²) in [6, 6.07) is 15.4. The molecule has 0 radical (unpaired) electrons. The molecule has 152 valence electrons. The number of nitriles is 1. The summed E-state index contributed by atoms with van der Waals surface area (Å²) in [5, 5.41) is 8.92. The number of carbonyl (C=O) groups excluding carboxylic acids is 1. The van der Waals surface area contributed by atoms with Crippen LogP contribution in [0.1, 0.15) is 23.1 Å². The Hall–Kier alpha value is -3.04. The molecule has 0 N–H and O–H groups in total. The van der Waals surface area contributed by atoms with Crippen molar-refractivity contribution in [2.45, 2.75) is 19.4 Å². The highest BCUT2D eigenvalue weighted by Gasteiger charge is 2.21. The van der Waals surface area contributed by atoms with Crippen LogP contribution in [0, 0.1) is 11.3 Å². The first kappa shape index (κ1) is 20.7. The van der Waals surface area contributed by atoms with Gasteiger partial charge < -0.3 is 14.4 Å². The second-order valence-electron chi connectivity index (χ2n) is 7.17. The van der Waals surface area contributed by atoms with Crippen LogP contribution in [-0.4, -0.2) is 56.1 Å². The monoisotopic (exact) mass is 393 g/mol. The zero-order valence-electron chi connectivity index (χ0n) is 17.1. The minimum absolute atomic E-state index is 0.108. The molecule has 1 amide bonds. The molecule has 6 heteroatoms. The largest absolute Gasteiger partial charge is 0.497 e. The summed E-state index contributed by atoms with van der Waals surface area (Å²) in [7, 11) is 3.23. The van der Waals surface area contributed by atoms with Crippen molar-refractivity contribution in [3.05, 3.63) is 59.2 Å². The number of ether oxygens (including phenoxy) is 2. The molecular formula is C23H27N3O3. The van der Waals surface area contributed by atoms with Gasteiger partial charge in [-0.2, -0.15) is 5.26 Å². The van der Waals surface area contributed by atoms with Crippen molar-refractivity contribution >= 4 is 5.91 Å². The Morgan fingerprint density at radius 3 is 2.52 bits per heavy atom. The topological polar surface area (TPSA) is 65.8 Å². The highest BCUT2D eigenvalue weighted by atomic mass is 16.5. The van der Waals surface area contributed by atoms with E-state index in [-0.39, 0.29) is 5.91 Å². The summed E-state index contributed by atoms with van der Waals surface area (Å²) < 4.78 is 10.7. The number of benzene rings is 2. The van der Waals surface area contributed by atoms with Gasteiger partial charge in [-0.15, -0.1) is 0 Å². The van der Waals surface area contributed by atoms with Crippen LogP contribution in [0.15, 0.2) is 42.5 Å². The second-order valence-corrected chi connectivity index (χ2v) is 7.17. The van der Waals surface area contributed by atoms with E-state index >= 15 is 0 Å². The van der Waals surface area contributed by atoms with Crippen molar-refractivity contribution in [2.75, 3.05) is 40.4 Å². The van der Waals surface area contributed by atoms with E-state index in [0.29, 0.717) is 24.3 Å². The molecule has 0 bridgehead atoms. The number of hydrogen-bond acceptors (Lipinski definition) is 5. The molecule has 0 unspecified atom stereocenters. The molecule has 6 nitrogen and oxygen atoms in total. The maximum atomic E-state index is 12.9. The molecule has 29 heavy (non-hydrogen) atoms. The number of hydrogen-bond donors (Lipinski definition) is 0. The molecule has 1 heterocycles. The molecule has 0 aromatic heterocycles. The van der Waals surface area contributed by atoms with Gasteiger partial charge in [0.15, 0.2) is 0 Å². The number of amides is 1. The fraction of sp³-hybridized carbons (Fsp3) is 0.391. The zero-order valence-corrected chi connectivity index (χ0v) is 17.1. The molecule has 0 spiro atoms. The van der Waals surface area contributed by atoms with Gasteiger partial charge in [-0.1, -0.05) is 12.1 Å². The Balaban J connectivity index is 1.58. The lowest BCUT2D eigenvalue weighted by molar-refractivity contribution is -0.130. The summed E-state index contributed by atoms with van der Waals surface area (Å²) in [4.78, 5) is 17.2. The van der Waals surface area contributed by atoms with Gasteiger partial charge in [-0.25, -0.2) is 0 Å². The fourth-order valence-electron chi connectivity index (χ4n) is 3.62. The van der Waals surface area contributed by atoms with E-state index in [1.54, 1.807) is 14.2 Å². The molecule has 0 saturated carbocycles. The summed E-state index contributed by atoms with van der Waals surface area (Å²) in [5.41, 5.74) is 2.70. The van der Waals surface area contributed by atoms with Crippen LogP contribution in [0.25, 0.3) is 0 Å².